The van der Waals surface area contributed by atoms with Crippen LogP contribution in [-0.2, 0) is 6.42 Å². The molecule has 2 aromatic rings. The second kappa shape index (κ2) is 4.72. The van der Waals surface area contributed by atoms with Crippen LogP contribution in [0.1, 0.15) is 22.4 Å². The average molecular weight is 237 g/mol. The van der Waals surface area contributed by atoms with E-state index in [0.29, 0.717) is 12.0 Å². The number of aromatic nitrogens is 1. The Morgan fingerprint density at radius 3 is 2.94 bits per heavy atom. The highest BCUT2D eigenvalue weighted by atomic mass is 32.1. The first-order valence-electron chi connectivity index (χ1n) is 4.99. The standard InChI is InChI=1S/C12H12FNOS/c1-8-7-16-12(14-8)6-11(15)9-3-2-4-10(13)5-9/h2-5,7,11,15H,6H2,1H3. The first kappa shape index (κ1) is 11.2. The maximum Gasteiger partial charge on any atom is 0.123 e. The summed E-state index contributed by atoms with van der Waals surface area (Å²) < 4.78 is 12.9. The zero-order valence-corrected chi connectivity index (χ0v) is 9.67. The third kappa shape index (κ3) is 2.65. The van der Waals surface area contributed by atoms with Gasteiger partial charge in [0.2, 0.25) is 0 Å². The number of hydrogen-bond acceptors (Lipinski definition) is 3. The number of rotatable bonds is 3. The fourth-order valence-electron chi connectivity index (χ4n) is 1.49. The molecule has 2 rings (SSSR count). The Labute approximate surface area is 97.4 Å². The molecular formula is C12H12FNOS. The van der Waals surface area contributed by atoms with E-state index >= 15 is 0 Å². The molecule has 16 heavy (non-hydrogen) atoms. The molecule has 1 atom stereocenters. The molecule has 1 unspecified atom stereocenters. The first-order valence-corrected chi connectivity index (χ1v) is 5.87. The number of aliphatic hydroxyl groups is 1. The third-order valence-electron chi connectivity index (χ3n) is 2.27. The molecule has 4 heteroatoms. The van der Waals surface area contributed by atoms with Crippen LogP contribution in [0.15, 0.2) is 29.6 Å². The quantitative estimate of drug-likeness (QED) is 0.890. The van der Waals surface area contributed by atoms with Crippen molar-refractivity contribution in [2.45, 2.75) is 19.4 Å². The average Bonchev–Trinajstić information content (AvgIpc) is 2.64. The summed E-state index contributed by atoms with van der Waals surface area (Å²) in [4.78, 5) is 4.26. The van der Waals surface area contributed by atoms with Crippen molar-refractivity contribution in [2.24, 2.45) is 0 Å². The number of hydrogen-bond donors (Lipinski definition) is 1. The number of halogens is 1. The van der Waals surface area contributed by atoms with Crippen molar-refractivity contribution >= 4 is 11.3 Å². The zero-order valence-electron chi connectivity index (χ0n) is 8.85. The predicted molar refractivity (Wildman–Crippen MR) is 61.9 cm³/mol. The van der Waals surface area contributed by atoms with Crippen molar-refractivity contribution < 1.29 is 9.50 Å². The molecule has 0 aliphatic carbocycles. The van der Waals surface area contributed by atoms with Gasteiger partial charge in [-0.1, -0.05) is 12.1 Å². The maximum absolute atomic E-state index is 12.9. The van der Waals surface area contributed by atoms with Crippen molar-refractivity contribution in [1.82, 2.24) is 4.98 Å². The lowest BCUT2D eigenvalue weighted by Gasteiger charge is -2.08. The van der Waals surface area contributed by atoms with Crippen LogP contribution in [-0.4, -0.2) is 10.1 Å². The first-order chi connectivity index (χ1) is 7.65. The number of thiazole rings is 1. The molecule has 0 saturated carbocycles. The summed E-state index contributed by atoms with van der Waals surface area (Å²) in [6.45, 7) is 1.91. The highest BCUT2D eigenvalue weighted by molar-refractivity contribution is 7.09. The molecule has 1 heterocycles. The Bertz CT molecular complexity index is 483. The van der Waals surface area contributed by atoms with E-state index in [2.05, 4.69) is 4.98 Å². The molecule has 2 nitrogen and oxygen atoms in total. The summed E-state index contributed by atoms with van der Waals surface area (Å²) in [6.07, 6.45) is -0.261. The Morgan fingerprint density at radius 1 is 1.50 bits per heavy atom. The Kier molecular flexibility index (Phi) is 3.31. The van der Waals surface area contributed by atoms with E-state index in [0.717, 1.165) is 10.7 Å². The molecule has 0 spiro atoms. The van der Waals surface area contributed by atoms with Gasteiger partial charge in [0.25, 0.3) is 0 Å². The second-order valence-corrected chi connectivity index (χ2v) is 4.60. The van der Waals surface area contributed by atoms with Crippen molar-refractivity contribution in [2.75, 3.05) is 0 Å². The molecule has 0 aliphatic heterocycles. The summed E-state index contributed by atoms with van der Waals surface area (Å²) in [5.74, 6) is -0.327. The van der Waals surface area contributed by atoms with Gasteiger partial charge >= 0.3 is 0 Å². The van der Waals surface area contributed by atoms with Gasteiger partial charge in [-0.25, -0.2) is 9.37 Å². The second-order valence-electron chi connectivity index (χ2n) is 3.66. The van der Waals surface area contributed by atoms with E-state index < -0.39 is 6.10 Å². The summed E-state index contributed by atoms with van der Waals surface area (Å²) >= 11 is 1.51. The van der Waals surface area contributed by atoms with Crippen molar-refractivity contribution in [1.29, 1.82) is 0 Å². The molecule has 0 amide bonds. The molecule has 84 valence electrons. The van der Waals surface area contributed by atoms with Gasteiger partial charge in [-0.05, 0) is 24.6 Å². The van der Waals surface area contributed by atoms with Gasteiger partial charge in [-0.15, -0.1) is 11.3 Å². The predicted octanol–water partition coefficient (Wildman–Crippen LogP) is 2.87. The molecule has 1 aromatic heterocycles. The van der Waals surface area contributed by atoms with Crippen LogP contribution in [0.25, 0.3) is 0 Å². The lowest BCUT2D eigenvalue weighted by atomic mass is 10.1. The third-order valence-corrected chi connectivity index (χ3v) is 3.26. The topological polar surface area (TPSA) is 33.1 Å². The van der Waals surface area contributed by atoms with Crippen LogP contribution >= 0.6 is 11.3 Å². The van der Waals surface area contributed by atoms with Crippen LogP contribution in [0.4, 0.5) is 4.39 Å². The van der Waals surface area contributed by atoms with Crippen molar-refractivity contribution in [3.63, 3.8) is 0 Å². The minimum Gasteiger partial charge on any atom is -0.388 e. The lowest BCUT2D eigenvalue weighted by Crippen LogP contribution is -2.01. The Balaban J connectivity index is 2.11. The number of aliphatic hydroxyl groups excluding tert-OH is 1. The van der Waals surface area contributed by atoms with Gasteiger partial charge in [0, 0.05) is 17.5 Å². The molecular weight excluding hydrogens is 225 g/mol. The summed E-state index contributed by atoms with van der Waals surface area (Å²) in [5, 5.41) is 12.7. The van der Waals surface area contributed by atoms with Crippen LogP contribution in [0.5, 0.6) is 0 Å². The van der Waals surface area contributed by atoms with E-state index in [-0.39, 0.29) is 5.82 Å². The van der Waals surface area contributed by atoms with Crippen LogP contribution in [0.2, 0.25) is 0 Å². The molecule has 0 saturated heterocycles. The van der Waals surface area contributed by atoms with E-state index in [1.807, 2.05) is 12.3 Å². The monoisotopic (exact) mass is 237 g/mol. The zero-order chi connectivity index (χ0) is 11.5. The van der Waals surface area contributed by atoms with Gasteiger partial charge in [0.15, 0.2) is 0 Å². The largest absolute Gasteiger partial charge is 0.388 e. The molecule has 0 radical (unpaired) electrons. The summed E-state index contributed by atoms with van der Waals surface area (Å²) in [5.41, 5.74) is 1.54. The molecule has 0 fully saturated rings. The van der Waals surface area contributed by atoms with Crippen molar-refractivity contribution in [3.8, 4) is 0 Å². The number of nitrogens with zero attached hydrogens (tertiary/aromatic N) is 1. The number of benzene rings is 1. The van der Waals surface area contributed by atoms with Crippen LogP contribution in [0, 0.1) is 12.7 Å². The van der Waals surface area contributed by atoms with Crippen LogP contribution < -0.4 is 0 Å². The van der Waals surface area contributed by atoms with Crippen LogP contribution in [0.3, 0.4) is 0 Å². The van der Waals surface area contributed by atoms with Crippen molar-refractivity contribution in [3.05, 3.63) is 51.7 Å². The van der Waals surface area contributed by atoms with Gasteiger partial charge in [0.1, 0.15) is 5.82 Å². The summed E-state index contributed by atoms with van der Waals surface area (Å²) in [7, 11) is 0. The molecule has 0 aliphatic rings. The van der Waals surface area contributed by atoms with Gasteiger partial charge in [0.05, 0.1) is 11.1 Å². The fraction of sp³-hybridized carbons (Fsp3) is 0.250. The van der Waals surface area contributed by atoms with Gasteiger partial charge in [-0.3, -0.25) is 0 Å². The van der Waals surface area contributed by atoms with Gasteiger partial charge < -0.3 is 5.11 Å². The van der Waals surface area contributed by atoms with E-state index in [1.165, 1.54) is 23.5 Å². The Morgan fingerprint density at radius 2 is 2.31 bits per heavy atom. The molecule has 1 aromatic carbocycles. The smallest absolute Gasteiger partial charge is 0.123 e. The highest BCUT2D eigenvalue weighted by Crippen LogP contribution is 2.20. The minimum atomic E-state index is -0.693. The highest BCUT2D eigenvalue weighted by Gasteiger charge is 2.11. The SMILES string of the molecule is Cc1csc(CC(O)c2cccc(F)c2)n1. The minimum absolute atomic E-state index is 0.327. The summed E-state index contributed by atoms with van der Waals surface area (Å²) in [6, 6.07) is 6.03. The normalized spacial score (nSPS) is 12.7. The molecule has 0 bridgehead atoms. The molecule has 1 N–H and O–H groups in total. The van der Waals surface area contributed by atoms with E-state index in [4.69, 9.17) is 0 Å². The van der Waals surface area contributed by atoms with Gasteiger partial charge in [-0.2, -0.15) is 0 Å². The maximum atomic E-state index is 12.9. The number of aryl methyl sites for hydroxylation is 1. The lowest BCUT2D eigenvalue weighted by molar-refractivity contribution is 0.178. The Hall–Kier alpha value is -1.26. The fourth-order valence-corrected chi connectivity index (χ4v) is 2.30. The van der Waals surface area contributed by atoms with E-state index in [9.17, 15) is 9.50 Å². The van der Waals surface area contributed by atoms with E-state index in [1.54, 1.807) is 12.1 Å².